The fraction of sp³-hybridized carbons (Fsp3) is 0.250. The number of thiazole rings is 1. The van der Waals surface area contributed by atoms with E-state index in [1.807, 2.05) is 29.9 Å². The molecule has 14 heteroatoms. The molecule has 4 rings (SSSR count). The minimum absolute atomic E-state index is 0.239. The van der Waals surface area contributed by atoms with E-state index in [0.29, 0.717) is 11.4 Å². The molecule has 0 saturated carbocycles. The summed E-state index contributed by atoms with van der Waals surface area (Å²) in [6.07, 6.45) is 4.57. The van der Waals surface area contributed by atoms with Crippen LogP contribution < -0.4 is 29.6 Å². The molecule has 0 fully saturated rings. The molecule has 0 spiro atoms. The van der Waals surface area contributed by atoms with Gasteiger partial charge in [-0.1, -0.05) is 0 Å². The second-order valence-corrected chi connectivity index (χ2v) is 8.10. The van der Waals surface area contributed by atoms with E-state index in [1.165, 1.54) is 23.5 Å². The first-order chi connectivity index (χ1) is 18.4. The van der Waals surface area contributed by atoms with Crippen molar-refractivity contribution >= 4 is 22.7 Å². The van der Waals surface area contributed by atoms with Crippen LogP contribution in [-0.4, -0.2) is 37.4 Å². The van der Waals surface area contributed by atoms with Gasteiger partial charge in [-0.25, -0.2) is 4.98 Å². The quantitative estimate of drug-likeness (QED) is 0.196. The molecule has 0 aliphatic heterocycles. The molecule has 0 radical (unpaired) electrons. The summed E-state index contributed by atoms with van der Waals surface area (Å²) in [5.74, 6) is 1.00. The largest absolute Gasteiger partial charge is 0.493 e. The van der Waals surface area contributed by atoms with Crippen LogP contribution in [0.25, 0.3) is 0 Å². The number of anilines is 2. The number of nitrogens with one attached hydrogen (secondary N) is 2. The van der Waals surface area contributed by atoms with Crippen molar-refractivity contribution in [2.24, 2.45) is 0 Å². The second-order valence-electron chi connectivity index (χ2n) is 7.13. The van der Waals surface area contributed by atoms with Crippen LogP contribution >= 0.6 is 11.3 Å². The number of alkyl halides is 4. The number of oxazole rings is 1. The number of benzene rings is 2. The van der Waals surface area contributed by atoms with Crippen molar-refractivity contribution in [2.45, 2.75) is 26.3 Å². The SMILES string of the molecule is COc1ccc(NCc2cncs2)cc1OC.FC(F)Oc1ccc(NCc2cnco2)cc1OC(F)F. The van der Waals surface area contributed by atoms with Gasteiger partial charge in [0.15, 0.2) is 29.4 Å². The predicted octanol–water partition coefficient (Wildman–Crippen LogP) is 6.26. The molecule has 38 heavy (non-hydrogen) atoms. The van der Waals surface area contributed by atoms with E-state index in [9.17, 15) is 17.6 Å². The van der Waals surface area contributed by atoms with Crippen LogP contribution in [0.15, 0.2) is 65.1 Å². The molecule has 0 aliphatic carbocycles. The van der Waals surface area contributed by atoms with Crippen LogP contribution in [0.5, 0.6) is 23.0 Å². The lowest BCUT2D eigenvalue weighted by Gasteiger charge is -2.13. The van der Waals surface area contributed by atoms with Crippen LogP contribution in [0, 0.1) is 0 Å². The van der Waals surface area contributed by atoms with Crippen molar-refractivity contribution in [3.63, 3.8) is 0 Å². The van der Waals surface area contributed by atoms with Gasteiger partial charge in [-0.05, 0) is 24.3 Å². The lowest BCUT2D eigenvalue weighted by atomic mass is 10.2. The number of rotatable bonds is 12. The van der Waals surface area contributed by atoms with Crippen molar-refractivity contribution in [1.82, 2.24) is 9.97 Å². The van der Waals surface area contributed by atoms with Crippen molar-refractivity contribution in [2.75, 3.05) is 24.9 Å². The third-order valence-electron chi connectivity index (χ3n) is 4.66. The molecule has 0 bridgehead atoms. The molecule has 0 unspecified atom stereocenters. The van der Waals surface area contributed by atoms with Crippen molar-refractivity contribution in [3.8, 4) is 23.0 Å². The summed E-state index contributed by atoms with van der Waals surface area (Å²) in [5.41, 5.74) is 3.19. The highest BCUT2D eigenvalue weighted by molar-refractivity contribution is 7.09. The third-order valence-corrected chi connectivity index (χ3v) is 5.44. The maximum absolute atomic E-state index is 12.3. The van der Waals surface area contributed by atoms with Crippen molar-refractivity contribution in [1.29, 1.82) is 0 Å². The van der Waals surface area contributed by atoms with E-state index < -0.39 is 24.7 Å². The van der Waals surface area contributed by atoms with Crippen LogP contribution in [0.1, 0.15) is 10.6 Å². The Balaban J connectivity index is 0.000000215. The number of nitrogens with zero attached hydrogens (tertiary/aromatic N) is 2. The summed E-state index contributed by atoms with van der Waals surface area (Å²) in [6.45, 7) is -5.30. The summed E-state index contributed by atoms with van der Waals surface area (Å²) < 4.78 is 72.5. The molecule has 2 aromatic heterocycles. The molecule has 0 amide bonds. The molecule has 2 aromatic carbocycles. The normalized spacial score (nSPS) is 10.5. The number of aromatic nitrogens is 2. The van der Waals surface area contributed by atoms with Crippen LogP contribution in [0.4, 0.5) is 28.9 Å². The zero-order chi connectivity index (χ0) is 27.3. The standard InChI is InChI=1S/C12H10F4N2O3.C12H14N2O2S/c13-11(14)20-9-2-1-7(3-10(9)21-12(15)16)18-5-8-4-17-6-19-8;1-15-11-4-3-9(5-12(11)16-2)14-7-10-6-13-8-17-10/h1-4,6,11-12,18H,5H2;3-6,8,14H,7H2,1-2H3. The first kappa shape index (κ1) is 28.4. The van der Waals surface area contributed by atoms with E-state index in [-0.39, 0.29) is 6.54 Å². The third kappa shape index (κ3) is 9.03. The predicted molar refractivity (Wildman–Crippen MR) is 133 cm³/mol. The van der Waals surface area contributed by atoms with Gasteiger partial charge in [0.1, 0.15) is 5.76 Å². The summed E-state index contributed by atoms with van der Waals surface area (Å²) in [6, 6.07) is 9.37. The van der Waals surface area contributed by atoms with Gasteiger partial charge in [-0.3, -0.25) is 4.98 Å². The molecule has 2 heterocycles. The Morgan fingerprint density at radius 3 is 2.00 bits per heavy atom. The lowest BCUT2D eigenvalue weighted by Crippen LogP contribution is -2.08. The number of ether oxygens (including phenoxy) is 4. The Labute approximate surface area is 219 Å². The van der Waals surface area contributed by atoms with E-state index in [0.717, 1.165) is 35.9 Å². The van der Waals surface area contributed by atoms with Crippen LogP contribution in [0.3, 0.4) is 0 Å². The van der Waals surface area contributed by atoms with E-state index in [2.05, 4.69) is 30.1 Å². The molecule has 0 aliphatic rings. The molecule has 9 nitrogen and oxygen atoms in total. The fourth-order valence-corrected chi connectivity index (χ4v) is 3.52. The molecular formula is C24H24F4N4O5S. The zero-order valence-electron chi connectivity index (χ0n) is 20.2. The summed E-state index contributed by atoms with van der Waals surface area (Å²) in [7, 11) is 3.26. The minimum Gasteiger partial charge on any atom is -0.493 e. The Bertz CT molecular complexity index is 1230. The second kappa shape index (κ2) is 14.5. The summed E-state index contributed by atoms with van der Waals surface area (Å²) in [4.78, 5) is 8.93. The highest BCUT2D eigenvalue weighted by Gasteiger charge is 2.15. The van der Waals surface area contributed by atoms with Gasteiger partial charge < -0.3 is 34.0 Å². The van der Waals surface area contributed by atoms with Crippen LogP contribution in [0.2, 0.25) is 0 Å². The number of hydrogen-bond acceptors (Lipinski definition) is 10. The highest BCUT2D eigenvalue weighted by atomic mass is 32.1. The Kier molecular flexibility index (Phi) is 10.8. The van der Waals surface area contributed by atoms with Crippen LogP contribution in [-0.2, 0) is 13.1 Å². The minimum atomic E-state index is -3.16. The molecule has 0 saturated heterocycles. The van der Waals surface area contributed by atoms with Gasteiger partial charge >= 0.3 is 13.2 Å². The molecule has 204 valence electrons. The van der Waals surface area contributed by atoms with Gasteiger partial charge in [-0.15, -0.1) is 11.3 Å². The number of halogens is 4. The summed E-state index contributed by atoms with van der Waals surface area (Å²) in [5, 5.41) is 6.15. The first-order valence-corrected chi connectivity index (χ1v) is 11.7. The molecule has 0 atom stereocenters. The van der Waals surface area contributed by atoms with E-state index >= 15 is 0 Å². The molecular weight excluding hydrogens is 532 g/mol. The van der Waals surface area contributed by atoms with Gasteiger partial charge in [-0.2, -0.15) is 17.6 Å². The average molecular weight is 557 g/mol. The Morgan fingerprint density at radius 1 is 0.789 bits per heavy atom. The molecule has 2 N–H and O–H groups in total. The smallest absolute Gasteiger partial charge is 0.387 e. The van der Waals surface area contributed by atoms with E-state index in [4.69, 9.17) is 13.9 Å². The van der Waals surface area contributed by atoms with Crippen molar-refractivity contribution in [3.05, 3.63) is 71.3 Å². The van der Waals surface area contributed by atoms with Crippen molar-refractivity contribution < 1.29 is 40.9 Å². The van der Waals surface area contributed by atoms with E-state index in [1.54, 1.807) is 25.6 Å². The topological polar surface area (TPSA) is 99.9 Å². The maximum Gasteiger partial charge on any atom is 0.387 e. The number of methoxy groups -OCH3 is 2. The monoisotopic (exact) mass is 556 g/mol. The first-order valence-electron chi connectivity index (χ1n) is 10.9. The summed E-state index contributed by atoms with van der Waals surface area (Å²) >= 11 is 1.63. The lowest BCUT2D eigenvalue weighted by molar-refractivity contribution is -0.0691. The van der Waals surface area contributed by atoms with Gasteiger partial charge in [0.2, 0.25) is 0 Å². The Hall–Kier alpha value is -4.20. The fourth-order valence-electron chi connectivity index (χ4n) is 2.98. The zero-order valence-corrected chi connectivity index (χ0v) is 21.0. The Morgan fingerprint density at radius 2 is 1.42 bits per heavy atom. The van der Waals surface area contributed by atoms with Gasteiger partial charge in [0.05, 0.1) is 39.0 Å². The average Bonchev–Trinajstić information content (AvgIpc) is 3.62. The number of hydrogen-bond donors (Lipinski definition) is 2. The maximum atomic E-state index is 12.3. The molecule has 4 aromatic rings. The van der Waals surface area contributed by atoms with Gasteiger partial charge in [0.25, 0.3) is 0 Å². The highest BCUT2D eigenvalue weighted by Crippen LogP contribution is 2.33. The van der Waals surface area contributed by atoms with Gasteiger partial charge in [0, 0.05) is 34.6 Å².